The zero-order valence-corrected chi connectivity index (χ0v) is 14.8. The first-order valence-corrected chi connectivity index (χ1v) is 8.47. The molecule has 1 amide bonds. The van der Waals surface area contributed by atoms with E-state index in [-0.39, 0.29) is 5.91 Å². The monoisotopic (exact) mass is 364 g/mol. The van der Waals surface area contributed by atoms with E-state index in [9.17, 15) is 4.79 Å². The Balaban J connectivity index is 1.66. The molecule has 0 radical (unpaired) electrons. The molecule has 1 saturated heterocycles. The second-order valence-corrected chi connectivity index (χ2v) is 6.45. The highest BCUT2D eigenvalue weighted by atomic mass is 35.5. The molecule has 0 aliphatic carbocycles. The molecular formula is C18H18Cl2N2O2. The summed E-state index contributed by atoms with van der Waals surface area (Å²) in [6.07, 6.45) is 0. The minimum absolute atomic E-state index is 0.00898. The lowest BCUT2D eigenvalue weighted by Crippen LogP contribution is -2.48. The quantitative estimate of drug-likeness (QED) is 0.825. The highest BCUT2D eigenvalue weighted by molar-refractivity contribution is 6.32. The maximum Gasteiger partial charge on any atom is 0.254 e. The largest absolute Gasteiger partial charge is 0.495 e. The highest BCUT2D eigenvalue weighted by Gasteiger charge is 2.23. The summed E-state index contributed by atoms with van der Waals surface area (Å²) in [6.45, 7) is 2.87. The van der Waals surface area contributed by atoms with Crippen molar-refractivity contribution in [1.29, 1.82) is 0 Å². The van der Waals surface area contributed by atoms with Gasteiger partial charge in [0.2, 0.25) is 0 Å². The van der Waals surface area contributed by atoms with Crippen LogP contribution in [0, 0.1) is 0 Å². The van der Waals surface area contributed by atoms with Gasteiger partial charge in [-0.1, -0.05) is 29.3 Å². The van der Waals surface area contributed by atoms with Gasteiger partial charge in [0, 0.05) is 42.5 Å². The van der Waals surface area contributed by atoms with Crippen LogP contribution in [0.25, 0.3) is 0 Å². The first kappa shape index (κ1) is 16.9. The smallest absolute Gasteiger partial charge is 0.254 e. The molecule has 1 aliphatic rings. The van der Waals surface area contributed by atoms with E-state index in [1.807, 2.05) is 29.2 Å². The van der Waals surface area contributed by atoms with Gasteiger partial charge in [-0.05, 0) is 36.4 Å². The van der Waals surface area contributed by atoms with Crippen LogP contribution < -0.4 is 9.64 Å². The van der Waals surface area contributed by atoms with Gasteiger partial charge in [-0.25, -0.2) is 0 Å². The lowest BCUT2D eigenvalue weighted by Gasteiger charge is -2.36. The van der Waals surface area contributed by atoms with Crippen LogP contribution in [0.5, 0.6) is 5.75 Å². The van der Waals surface area contributed by atoms with Crippen LogP contribution in [0.1, 0.15) is 10.4 Å². The third-order valence-electron chi connectivity index (χ3n) is 4.14. The fourth-order valence-corrected chi connectivity index (χ4v) is 3.26. The number of rotatable bonds is 3. The number of carbonyl (C=O) groups is 1. The summed E-state index contributed by atoms with van der Waals surface area (Å²) >= 11 is 12.2. The molecule has 4 nitrogen and oxygen atoms in total. The van der Waals surface area contributed by atoms with Crippen LogP contribution in [0.2, 0.25) is 10.0 Å². The van der Waals surface area contributed by atoms with Gasteiger partial charge in [0.15, 0.2) is 0 Å². The van der Waals surface area contributed by atoms with Gasteiger partial charge in [-0.3, -0.25) is 4.79 Å². The zero-order chi connectivity index (χ0) is 17.1. The summed E-state index contributed by atoms with van der Waals surface area (Å²) in [5, 5.41) is 1.17. The van der Waals surface area contributed by atoms with E-state index < -0.39 is 0 Å². The Bertz CT molecular complexity index is 744. The van der Waals surface area contributed by atoms with E-state index in [0.717, 1.165) is 23.8 Å². The highest BCUT2D eigenvalue weighted by Crippen LogP contribution is 2.26. The molecule has 0 spiro atoms. The number of amides is 1. The Morgan fingerprint density at radius 3 is 2.42 bits per heavy atom. The van der Waals surface area contributed by atoms with E-state index in [0.29, 0.717) is 29.4 Å². The number of hydrogen-bond donors (Lipinski definition) is 0. The molecule has 0 aromatic heterocycles. The number of carbonyl (C=O) groups excluding carboxylic acids is 1. The predicted molar refractivity (Wildman–Crippen MR) is 97.6 cm³/mol. The van der Waals surface area contributed by atoms with Crippen molar-refractivity contribution in [1.82, 2.24) is 4.90 Å². The Morgan fingerprint density at radius 1 is 1.04 bits per heavy atom. The Labute approximate surface area is 151 Å². The molecule has 0 N–H and O–H groups in total. The molecule has 0 atom stereocenters. The van der Waals surface area contributed by atoms with E-state index in [1.165, 1.54) is 0 Å². The van der Waals surface area contributed by atoms with Crippen LogP contribution in [0.3, 0.4) is 0 Å². The fraction of sp³-hybridized carbons (Fsp3) is 0.278. The zero-order valence-electron chi connectivity index (χ0n) is 13.3. The van der Waals surface area contributed by atoms with E-state index in [4.69, 9.17) is 27.9 Å². The molecule has 0 unspecified atom stereocenters. The predicted octanol–water partition coefficient (Wildman–Crippen LogP) is 3.96. The lowest BCUT2D eigenvalue weighted by atomic mass is 10.1. The molecule has 24 heavy (non-hydrogen) atoms. The van der Waals surface area contributed by atoms with Gasteiger partial charge in [-0.15, -0.1) is 0 Å². The molecule has 0 saturated carbocycles. The van der Waals surface area contributed by atoms with E-state index >= 15 is 0 Å². The summed E-state index contributed by atoms with van der Waals surface area (Å²) in [4.78, 5) is 16.7. The SMILES string of the molecule is COc1ccc(C(=O)N2CCN(c3cccc(Cl)c3)CC2)cc1Cl. The van der Waals surface area contributed by atoms with Gasteiger partial charge >= 0.3 is 0 Å². The van der Waals surface area contributed by atoms with Crippen molar-refractivity contribution in [2.45, 2.75) is 0 Å². The van der Waals surface area contributed by atoms with Gasteiger partial charge in [0.25, 0.3) is 5.91 Å². The van der Waals surface area contributed by atoms with E-state index in [1.54, 1.807) is 25.3 Å². The van der Waals surface area contributed by atoms with Gasteiger partial charge in [-0.2, -0.15) is 0 Å². The summed E-state index contributed by atoms with van der Waals surface area (Å²) in [5.41, 5.74) is 1.67. The van der Waals surface area contributed by atoms with Crippen LogP contribution in [0.15, 0.2) is 42.5 Å². The number of ether oxygens (including phenoxy) is 1. The third kappa shape index (κ3) is 3.60. The molecule has 1 aliphatic heterocycles. The number of anilines is 1. The molecule has 0 bridgehead atoms. The number of benzene rings is 2. The summed E-state index contributed by atoms with van der Waals surface area (Å²) in [5.74, 6) is 0.560. The van der Waals surface area contributed by atoms with Crippen LogP contribution >= 0.6 is 23.2 Å². The number of methoxy groups -OCH3 is 1. The summed E-state index contributed by atoms with van der Waals surface area (Å²) in [7, 11) is 1.55. The Hall–Kier alpha value is -1.91. The fourth-order valence-electron chi connectivity index (χ4n) is 2.82. The van der Waals surface area contributed by atoms with Crippen molar-refractivity contribution >= 4 is 34.8 Å². The molecule has 2 aromatic carbocycles. The van der Waals surface area contributed by atoms with Crippen molar-refractivity contribution in [3.8, 4) is 5.75 Å². The summed E-state index contributed by atoms with van der Waals surface area (Å²) in [6, 6.07) is 12.9. The first-order chi connectivity index (χ1) is 11.6. The first-order valence-electron chi connectivity index (χ1n) is 7.72. The minimum Gasteiger partial charge on any atom is -0.495 e. The van der Waals surface area contributed by atoms with Crippen molar-refractivity contribution in [2.24, 2.45) is 0 Å². The van der Waals surface area contributed by atoms with Gasteiger partial charge in [0.05, 0.1) is 12.1 Å². The average Bonchev–Trinajstić information content (AvgIpc) is 2.61. The van der Waals surface area contributed by atoms with Crippen molar-refractivity contribution < 1.29 is 9.53 Å². The topological polar surface area (TPSA) is 32.8 Å². The minimum atomic E-state index is -0.00898. The van der Waals surface area contributed by atoms with Crippen LogP contribution in [-0.4, -0.2) is 44.1 Å². The van der Waals surface area contributed by atoms with Crippen molar-refractivity contribution in [3.05, 3.63) is 58.1 Å². The third-order valence-corrected chi connectivity index (χ3v) is 4.67. The summed E-state index contributed by atoms with van der Waals surface area (Å²) < 4.78 is 5.12. The number of nitrogens with zero attached hydrogens (tertiary/aromatic N) is 2. The lowest BCUT2D eigenvalue weighted by molar-refractivity contribution is 0.0747. The van der Waals surface area contributed by atoms with Crippen molar-refractivity contribution in [3.63, 3.8) is 0 Å². The van der Waals surface area contributed by atoms with Gasteiger partial charge < -0.3 is 14.5 Å². The second-order valence-electron chi connectivity index (χ2n) is 5.61. The van der Waals surface area contributed by atoms with Crippen LogP contribution in [0.4, 0.5) is 5.69 Å². The number of hydrogen-bond acceptors (Lipinski definition) is 3. The van der Waals surface area contributed by atoms with Gasteiger partial charge in [0.1, 0.15) is 5.75 Å². The molecule has 126 valence electrons. The molecule has 1 heterocycles. The number of halogens is 2. The Morgan fingerprint density at radius 2 is 1.79 bits per heavy atom. The van der Waals surface area contributed by atoms with Crippen LogP contribution in [-0.2, 0) is 0 Å². The second kappa shape index (κ2) is 7.32. The maximum absolute atomic E-state index is 12.6. The maximum atomic E-state index is 12.6. The van der Waals surface area contributed by atoms with Crippen molar-refractivity contribution in [2.75, 3.05) is 38.2 Å². The number of piperazine rings is 1. The molecule has 6 heteroatoms. The molecule has 3 rings (SSSR count). The normalized spacial score (nSPS) is 14.6. The Kier molecular flexibility index (Phi) is 5.17. The molecular weight excluding hydrogens is 347 g/mol. The molecule has 2 aromatic rings. The molecule has 1 fully saturated rings. The average molecular weight is 365 g/mol. The standard InChI is InChI=1S/C18H18Cl2N2O2/c1-24-17-6-5-13(11-16(17)20)18(23)22-9-7-21(8-10-22)15-4-2-3-14(19)12-15/h2-6,11-12H,7-10H2,1H3. The van der Waals surface area contributed by atoms with E-state index in [2.05, 4.69) is 4.90 Å².